The number of hydrogen-bond donors (Lipinski definition) is 1. The summed E-state index contributed by atoms with van der Waals surface area (Å²) < 4.78 is 28.2. The lowest BCUT2D eigenvalue weighted by Crippen LogP contribution is -2.32. The zero-order valence-electron chi connectivity index (χ0n) is 14.6. The van der Waals surface area contributed by atoms with Crippen molar-refractivity contribution in [2.24, 2.45) is 0 Å². The van der Waals surface area contributed by atoms with Gasteiger partial charge in [0.25, 0.3) is 5.91 Å². The molecule has 1 amide bonds. The van der Waals surface area contributed by atoms with Crippen molar-refractivity contribution < 1.29 is 13.2 Å². The number of benzene rings is 1. The number of sulfonamides is 1. The van der Waals surface area contributed by atoms with Crippen LogP contribution in [0.25, 0.3) is 0 Å². The highest BCUT2D eigenvalue weighted by atomic mass is 35.5. The van der Waals surface area contributed by atoms with Crippen molar-refractivity contribution in [2.75, 3.05) is 24.7 Å². The van der Waals surface area contributed by atoms with E-state index in [9.17, 15) is 13.2 Å². The van der Waals surface area contributed by atoms with Crippen LogP contribution in [0, 0.1) is 0 Å². The van der Waals surface area contributed by atoms with Gasteiger partial charge in [0.05, 0.1) is 5.02 Å². The van der Waals surface area contributed by atoms with E-state index in [1.165, 1.54) is 45.6 Å². The number of amides is 1. The monoisotopic (exact) mass is 446 g/mol. The molecule has 2 aromatic rings. The number of carbonyl (C=O) groups is 1. The number of hydrogen-bond acceptors (Lipinski definition) is 7. The van der Waals surface area contributed by atoms with Gasteiger partial charge in [0, 0.05) is 18.7 Å². The molecule has 1 aliphatic rings. The van der Waals surface area contributed by atoms with E-state index >= 15 is 0 Å². The molecule has 0 bridgehead atoms. The first-order valence-corrected chi connectivity index (χ1v) is 12.3. The van der Waals surface area contributed by atoms with Crippen molar-refractivity contribution in [3.63, 3.8) is 0 Å². The van der Waals surface area contributed by atoms with Crippen LogP contribution in [0.3, 0.4) is 0 Å². The van der Waals surface area contributed by atoms with Crippen molar-refractivity contribution in [1.82, 2.24) is 14.5 Å². The predicted molar refractivity (Wildman–Crippen MR) is 108 cm³/mol. The Bertz CT molecular complexity index is 925. The minimum absolute atomic E-state index is 0.0409. The molecule has 1 N–H and O–H groups in total. The molecule has 2 heterocycles. The maximum atomic E-state index is 13.0. The Hall–Kier alpha value is -1.20. The number of nitrogens with zero attached hydrogens (tertiary/aromatic N) is 3. The first-order chi connectivity index (χ1) is 12.9. The Morgan fingerprint density at radius 1 is 1.22 bits per heavy atom. The molecule has 1 aliphatic heterocycles. The van der Waals surface area contributed by atoms with Crippen molar-refractivity contribution in [3.8, 4) is 0 Å². The molecule has 1 fully saturated rings. The van der Waals surface area contributed by atoms with E-state index in [1.807, 2.05) is 6.26 Å². The minimum atomic E-state index is -3.75. The Balaban J connectivity index is 1.85. The van der Waals surface area contributed by atoms with Gasteiger partial charge in [0.15, 0.2) is 4.34 Å². The molecule has 0 atom stereocenters. The Kier molecular flexibility index (Phi) is 6.74. The van der Waals surface area contributed by atoms with Gasteiger partial charge < -0.3 is 0 Å². The largest absolute Gasteiger partial charge is 0.296 e. The molecule has 146 valence electrons. The second-order valence-electron chi connectivity index (χ2n) is 5.99. The summed E-state index contributed by atoms with van der Waals surface area (Å²) in [5, 5.41) is 10.9. The number of anilines is 1. The number of carbonyl (C=O) groups excluding carboxylic acids is 1. The summed E-state index contributed by atoms with van der Waals surface area (Å²) in [7, 11) is -3.75. The van der Waals surface area contributed by atoms with Gasteiger partial charge in [-0.25, -0.2) is 8.42 Å². The summed E-state index contributed by atoms with van der Waals surface area (Å²) in [6, 6.07) is 4.26. The lowest BCUT2D eigenvalue weighted by molar-refractivity contribution is 0.102. The first-order valence-electron chi connectivity index (χ1n) is 8.40. The molecule has 0 radical (unpaired) electrons. The molecule has 0 aliphatic carbocycles. The van der Waals surface area contributed by atoms with Crippen LogP contribution in [-0.2, 0) is 10.0 Å². The summed E-state index contributed by atoms with van der Waals surface area (Å²) in [6.07, 6.45) is 5.55. The number of nitrogens with one attached hydrogen (secondary N) is 1. The summed E-state index contributed by atoms with van der Waals surface area (Å²) >= 11 is 8.85. The third-order valence-corrected chi connectivity index (χ3v) is 8.37. The molecular weight excluding hydrogens is 428 g/mol. The van der Waals surface area contributed by atoms with E-state index in [0.717, 1.165) is 30.0 Å². The van der Waals surface area contributed by atoms with Gasteiger partial charge in [-0.05, 0) is 37.3 Å². The topological polar surface area (TPSA) is 92.3 Å². The van der Waals surface area contributed by atoms with E-state index in [-0.39, 0.29) is 15.5 Å². The standard InChI is InChI=1S/C16H19ClN4O3S3/c1-25-16-20-19-15(26-16)18-14(22)11-6-7-12(17)13(10-11)27(23,24)21-8-4-2-3-5-9-21/h6-7,10H,2-5,8-9H2,1H3,(H,18,19,22). The van der Waals surface area contributed by atoms with Crippen LogP contribution in [0.5, 0.6) is 0 Å². The summed E-state index contributed by atoms with van der Waals surface area (Å²) in [5.41, 5.74) is 0.202. The minimum Gasteiger partial charge on any atom is -0.296 e. The van der Waals surface area contributed by atoms with Gasteiger partial charge >= 0.3 is 0 Å². The van der Waals surface area contributed by atoms with E-state index in [2.05, 4.69) is 15.5 Å². The third kappa shape index (κ3) is 4.80. The SMILES string of the molecule is CSc1nnc(NC(=O)c2ccc(Cl)c(S(=O)(=O)N3CCCCCC3)c2)s1. The number of halogens is 1. The second kappa shape index (κ2) is 8.87. The highest BCUT2D eigenvalue weighted by Crippen LogP contribution is 2.28. The molecule has 11 heteroatoms. The molecule has 1 aromatic carbocycles. The van der Waals surface area contributed by atoms with E-state index < -0.39 is 15.9 Å². The van der Waals surface area contributed by atoms with Gasteiger partial charge in [-0.3, -0.25) is 10.1 Å². The zero-order valence-corrected chi connectivity index (χ0v) is 17.8. The van der Waals surface area contributed by atoms with E-state index in [4.69, 9.17) is 11.6 Å². The average molecular weight is 447 g/mol. The van der Waals surface area contributed by atoms with Gasteiger partial charge in [-0.2, -0.15) is 4.31 Å². The molecule has 0 unspecified atom stereocenters. The highest BCUT2D eigenvalue weighted by Gasteiger charge is 2.28. The first kappa shape index (κ1) is 20.5. The molecule has 0 spiro atoms. The van der Waals surface area contributed by atoms with Crippen LogP contribution in [0.1, 0.15) is 36.0 Å². The van der Waals surface area contributed by atoms with Crippen molar-refractivity contribution in [1.29, 1.82) is 0 Å². The molecule has 1 saturated heterocycles. The van der Waals surface area contributed by atoms with E-state index in [1.54, 1.807) is 0 Å². The fourth-order valence-electron chi connectivity index (χ4n) is 2.78. The van der Waals surface area contributed by atoms with Crippen LogP contribution >= 0.6 is 34.7 Å². The maximum Gasteiger partial charge on any atom is 0.257 e. The second-order valence-corrected chi connectivity index (χ2v) is 10.3. The fourth-order valence-corrected chi connectivity index (χ4v) is 5.96. The average Bonchev–Trinajstić information content (AvgIpc) is 2.91. The smallest absolute Gasteiger partial charge is 0.257 e. The van der Waals surface area contributed by atoms with Crippen LogP contribution < -0.4 is 5.32 Å². The predicted octanol–water partition coefficient (Wildman–Crippen LogP) is 3.73. The third-order valence-electron chi connectivity index (χ3n) is 4.18. The number of thioether (sulfide) groups is 1. The molecule has 27 heavy (non-hydrogen) atoms. The lowest BCUT2D eigenvalue weighted by atomic mass is 10.2. The van der Waals surface area contributed by atoms with Gasteiger partial charge in [0.2, 0.25) is 15.2 Å². The maximum absolute atomic E-state index is 13.0. The normalized spacial score (nSPS) is 16.1. The highest BCUT2D eigenvalue weighted by molar-refractivity contribution is 8.00. The summed E-state index contributed by atoms with van der Waals surface area (Å²) in [5.74, 6) is -0.456. The summed E-state index contributed by atoms with van der Waals surface area (Å²) in [6.45, 7) is 0.939. The fraction of sp³-hybridized carbons (Fsp3) is 0.438. The van der Waals surface area contributed by atoms with Crippen LogP contribution in [0.15, 0.2) is 27.4 Å². The van der Waals surface area contributed by atoms with Crippen LogP contribution in [0.4, 0.5) is 5.13 Å². The molecule has 1 aromatic heterocycles. The molecule has 7 nitrogen and oxygen atoms in total. The van der Waals surface area contributed by atoms with Crippen LogP contribution in [-0.4, -0.2) is 48.2 Å². The van der Waals surface area contributed by atoms with Gasteiger partial charge in [0.1, 0.15) is 4.90 Å². The molecular formula is C16H19ClN4O3S3. The number of aromatic nitrogens is 2. The molecule has 0 saturated carbocycles. The van der Waals surface area contributed by atoms with Crippen molar-refractivity contribution in [2.45, 2.75) is 34.9 Å². The summed E-state index contributed by atoms with van der Waals surface area (Å²) in [4.78, 5) is 12.5. The Morgan fingerprint density at radius 3 is 2.56 bits per heavy atom. The van der Waals surface area contributed by atoms with Gasteiger partial charge in [-0.15, -0.1) is 10.2 Å². The van der Waals surface area contributed by atoms with E-state index in [0.29, 0.717) is 18.2 Å². The lowest BCUT2D eigenvalue weighted by Gasteiger charge is -2.21. The Labute approximate surface area is 171 Å². The molecule has 3 rings (SSSR count). The Morgan fingerprint density at radius 2 is 1.93 bits per heavy atom. The number of rotatable bonds is 5. The quantitative estimate of drug-likeness (QED) is 0.555. The van der Waals surface area contributed by atoms with Crippen molar-refractivity contribution >= 4 is 55.8 Å². The van der Waals surface area contributed by atoms with Crippen molar-refractivity contribution in [3.05, 3.63) is 28.8 Å². The zero-order chi connectivity index (χ0) is 19.4. The van der Waals surface area contributed by atoms with Gasteiger partial charge in [-0.1, -0.05) is 47.5 Å². The van der Waals surface area contributed by atoms with Crippen LogP contribution in [0.2, 0.25) is 5.02 Å².